The fraction of sp³-hybridized carbons (Fsp3) is 0.929. The maximum Gasteiger partial charge on any atom is 0.223 e. The number of carbonyl (C=O) groups is 1. The van der Waals surface area contributed by atoms with Crippen LogP contribution < -0.4 is 5.32 Å². The molecule has 3 fully saturated rings. The molecule has 0 aromatic rings. The summed E-state index contributed by atoms with van der Waals surface area (Å²) in [6.45, 7) is 5.02. The molecule has 4 atom stereocenters. The summed E-state index contributed by atoms with van der Waals surface area (Å²) in [4.78, 5) is 12.0. The fourth-order valence-electron chi connectivity index (χ4n) is 3.61. The number of hydrogen-bond acceptors (Lipinski definition) is 2. The summed E-state index contributed by atoms with van der Waals surface area (Å²) in [7, 11) is 0. The third kappa shape index (κ3) is 1.70. The van der Waals surface area contributed by atoms with Crippen molar-refractivity contribution in [2.24, 2.45) is 17.3 Å². The Hall–Kier alpha value is -0.570. The average Bonchev–Trinajstić information content (AvgIpc) is 2.91. The number of ether oxygens (including phenoxy) is 1. The van der Waals surface area contributed by atoms with Crippen LogP contribution in [0.1, 0.15) is 46.0 Å². The monoisotopic (exact) mass is 237 g/mol. The Bertz CT molecular complexity index is 324. The highest BCUT2D eigenvalue weighted by atomic mass is 16.5. The second-order valence-corrected chi connectivity index (χ2v) is 6.15. The molecule has 3 aliphatic carbocycles. The summed E-state index contributed by atoms with van der Waals surface area (Å²) < 4.78 is 5.79. The van der Waals surface area contributed by atoms with Gasteiger partial charge in [0, 0.05) is 24.0 Å². The number of hydrogen-bond donors (Lipinski definition) is 1. The van der Waals surface area contributed by atoms with Gasteiger partial charge in [-0.05, 0) is 38.5 Å². The molecule has 3 rings (SSSR count). The fourth-order valence-corrected chi connectivity index (χ4v) is 3.61. The molecule has 1 spiro atoms. The van der Waals surface area contributed by atoms with E-state index in [0.29, 0.717) is 35.3 Å². The Labute approximate surface area is 103 Å². The van der Waals surface area contributed by atoms with Gasteiger partial charge in [-0.1, -0.05) is 13.3 Å². The van der Waals surface area contributed by atoms with Crippen molar-refractivity contribution in [3.8, 4) is 0 Å². The minimum Gasteiger partial charge on any atom is -0.378 e. The van der Waals surface area contributed by atoms with Gasteiger partial charge in [0.25, 0.3) is 0 Å². The van der Waals surface area contributed by atoms with Crippen molar-refractivity contribution in [3.05, 3.63) is 0 Å². The van der Waals surface area contributed by atoms with Crippen molar-refractivity contribution >= 4 is 5.91 Å². The lowest BCUT2D eigenvalue weighted by Crippen LogP contribution is -2.67. The lowest BCUT2D eigenvalue weighted by atomic mass is 9.51. The van der Waals surface area contributed by atoms with E-state index in [-0.39, 0.29) is 0 Å². The van der Waals surface area contributed by atoms with Crippen LogP contribution >= 0.6 is 0 Å². The van der Waals surface area contributed by atoms with Crippen LogP contribution in [0.5, 0.6) is 0 Å². The molecule has 3 saturated carbocycles. The quantitative estimate of drug-likeness (QED) is 0.813. The van der Waals surface area contributed by atoms with Crippen LogP contribution in [-0.4, -0.2) is 24.7 Å². The SMILES string of the molecule is CCO[C@@H]1C[C@H](NC(=O)[C@H]2C[C@H]2C)C12CCC2. The first-order valence-corrected chi connectivity index (χ1v) is 7.09. The second-order valence-electron chi connectivity index (χ2n) is 6.15. The molecule has 3 aliphatic rings. The van der Waals surface area contributed by atoms with Gasteiger partial charge in [0.05, 0.1) is 6.10 Å². The van der Waals surface area contributed by atoms with Crippen LogP contribution in [0.4, 0.5) is 0 Å². The Morgan fingerprint density at radius 1 is 1.41 bits per heavy atom. The average molecular weight is 237 g/mol. The van der Waals surface area contributed by atoms with E-state index >= 15 is 0 Å². The van der Waals surface area contributed by atoms with Gasteiger partial charge in [0.1, 0.15) is 0 Å². The van der Waals surface area contributed by atoms with Gasteiger partial charge < -0.3 is 10.1 Å². The zero-order chi connectivity index (χ0) is 12.0. The summed E-state index contributed by atoms with van der Waals surface area (Å²) >= 11 is 0. The van der Waals surface area contributed by atoms with Gasteiger partial charge in [-0.25, -0.2) is 0 Å². The van der Waals surface area contributed by atoms with E-state index in [1.165, 1.54) is 19.3 Å². The maximum absolute atomic E-state index is 12.0. The summed E-state index contributed by atoms with van der Waals surface area (Å²) in [5.41, 5.74) is 0.309. The van der Waals surface area contributed by atoms with Crippen molar-refractivity contribution in [2.45, 2.75) is 58.1 Å². The first kappa shape index (κ1) is 11.5. The predicted octanol–water partition coefficient (Wildman–Crippen LogP) is 2.11. The van der Waals surface area contributed by atoms with E-state index in [9.17, 15) is 4.79 Å². The van der Waals surface area contributed by atoms with Gasteiger partial charge in [-0.3, -0.25) is 4.79 Å². The van der Waals surface area contributed by atoms with E-state index in [1.54, 1.807) is 0 Å². The number of nitrogens with one attached hydrogen (secondary N) is 1. The first-order chi connectivity index (χ1) is 8.17. The minimum atomic E-state index is 0.295. The number of amides is 1. The van der Waals surface area contributed by atoms with Crippen LogP contribution in [-0.2, 0) is 9.53 Å². The maximum atomic E-state index is 12.0. The minimum absolute atomic E-state index is 0.295. The van der Waals surface area contributed by atoms with E-state index in [4.69, 9.17) is 4.74 Å². The smallest absolute Gasteiger partial charge is 0.223 e. The third-order valence-corrected chi connectivity index (χ3v) is 5.20. The van der Waals surface area contributed by atoms with E-state index in [2.05, 4.69) is 19.2 Å². The van der Waals surface area contributed by atoms with Gasteiger partial charge in [0.15, 0.2) is 0 Å². The zero-order valence-electron chi connectivity index (χ0n) is 10.9. The molecule has 0 bridgehead atoms. The normalized spacial score (nSPS) is 41.5. The van der Waals surface area contributed by atoms with Gasteiger partial charge in [0.2, 0.25) is 5.91 Å². The van der Waals surface area contributed by atoms with Crippen molar-refractivity contribution < 1.29 is 9.53 Å². The van der Waals surface area contributed by atoms with Crippen LogP contribution in [0.3, 0.4) is 0 Å². The zero-order valence-corrected chi connectivity index (χ0v) is 10.9. The molecule has 1 amide bonds. The number of rotatable bonds is 4. The summed E-state index contributed by atoms with van der Waals surface area (Å²) in [5.74, 6) is 1.21. The molecule has 0 aliphatic heterocycles. The van der Waals surface area contributed by atoms with Crippen LogP contribution in [0, 0.1) is 17.3 Å². The molecule has 0 heterocycles. The highest BCUT2D eigenvalue weighted by molar-refractivity contribution is 5.82. The third-order valence-electron chi connectivity index (χ3n) is 5.20. The molecule has 3 nitrogen and oxygen atoms in total. The highest BCUT2D eigenvalue weighted by Crippen LogP contribution is 2.57. The van der Waals surface area contributed by atoms with Crippen molar-refractivity contribution in [1.29, 1.82) is 0 Å². The van der Waals surface area contributed by atoms with E-state index in [0.717, 1.165) is 19.4 Å². The standard InChI is InChI=1S/C14H23NO2/c1-3-17-12-8-11(14(12)5-4-6-14)15-13(16)10-7-9(10)2/h9-12H,3-8H2,1-2H3,(H,15,16)/t9-,10+,11+,12-/m1/s1. The largest absolute Gasteiger partial charge is 0.378 e. The van der Waals surface area contributed by atoms with Crippen molar-refractivity contribution in [2.75, 3.05) is 6.61 Å². The molecular weight excluding hydrogens is 214 g/mol. The lowest BCUT2D eigenvalue weighted by molar-refractivity contribution is -0.176. The van der Waals surface area contributed by atoms with Crippen LogP contribution in [0.25, 0.3) is 0 Å². The van der Waals surface area contributed by atoms with Crippen molar-refractivity contribution in [3.63, 3.8) is 0 Å². The molecule has 1 N–H and O–H groups in total. The van der Waals surface area contributed by atoms with Crippen LogP contribution in [0.2, 0.25) is 0 Å². The Morgan fingerprint density at radius 2 is 2.12 bits per heavy atom. The molecule has 0 unspecified atom stereocenters. The molecule has 0 aromatic heterocycles. The summed E-state index contributed by atoms with van der Waals surface area (Å²) in [6.07, 6.45) is 6.30. The van der Waals surface area contributed by atoms with Gasteiger partial charge >= 0.3 is 0 Å². The predicted molar refractivity (Wildman–Crippen MR) is 65.5 cm³/mol. The molecular formula is C14H23NO2. The Kier molecular flexibility index (Phi) is 2.69. The van der Waals surface area contributed by atoms with E-state index < -0.39 is 0 Å². The molecule has 3 heteroatoms. The number of carbonyl (C=O) groups excluding carboxylic acids is 1. The first-order valence-electron chi connectivity index (χ1n) is 7.09. The van der Waals surface area contributed by atoms with Gasteiger partial charge in [-0.2, -0.15) is 0 Å². The molecule has 96 valence electrons. The van der Waals surface area contributed by atoms with Crippen LogP contribution in [0.15, 0.2) is 0 Å². The Morgan fingerprint density at radius 3 is 2.59 bits per heavy atom. The van der Waals surface area contributed by atoms with Crippen molar-refractivity contribution in [1.82, 2.24) is 5.32 Å². The summed E-state index contributed by atoms with van der Waals surface area (Å²) in [6, 6.07) is 0.396. The molecule has 17 heavy (non-hydrogen) atoms. The molecule has 0 saturated heterocycles. The van der Waals surface area contributed by atoms with Gasteiger partial charge in [-0.15, -0.1) is 0 Å². The molecule has 0 radical (unpaired) electrons. The summed E-state index contributed by atoms with van der Waals surface area (Å²) in [5, 5.41) is 3.27. The highest BCUT2D eigenvalue weighted by Gasteiger charge is 2.59. The molecule has 0 aromatic carbocycles. The lowest BCUT2D eigenvalue weighted by Gasteiger charge is -2.61. The Balaban J connectivity index is 1.56. The van der Waals surface area contributed by atoms with E-state index in [1.807, 2.05) is 0 Å². The topological polar surface area (TPSA) is 38.3 Å². The second kappa shape index (κ2) is 3.98.